The summed E-state index contributed by atoms with van der Waals surface area (Å²) < 4.78 is 9.48. The zero-order chi connectivity index (χ0) is 14.4. The Hall–Kier alpha value is -2.15. The number of rotatable bonds is 6. The molecule has 7 nitrogen and oxygen atoms in total. The van der Waals surface area contributed by atoms with Crippen molar-refractivity contribution < 1.29 is 19.2 Å². The smallest absolute Gasteiger partial charge is 0.322 e. The van der Waals surface area contributed by atoms with Crippen molar-refractivity contribution in [1.29, 1.82) is 0 Å². The molecule has 104 valence electrons. The fourth-order valence-electron chi connectivity index (χ4n) is 1.52. The summed E-state index contributed by atoms with van der Waals surface area (Å²) in [5.41, 5.74) is 0.579. The van der Waals surface area contributed by atoms with E-state index in [9.17, 15) is 14.9 Å². The molecule has 1 aromatic rings. The zero-order valence-electron chi connectivity index (χ0n) is 11.0. The van der Waals surface area contributed by atoms with Gasteiger partial charge in [-0.15, -0.1) is 0 Å². The minimum absolute atomic E-state index is 0.104. The van der Waals surface area contributed by atoms with Gasteiger partial charge in [0.05, 0.1) is 19.1 Å². The molecular formula is C12H16N2O5. The van der Waals surface area contributed by atoms with E-state index >= 15 is 0 Å². The monoisotopic (exact) mass is 268 g/mol. The van der Waals surface area contributed by atoms with Gasteiger partial charge in [-0.3, -0.25) is 14.9 Å². The van der Waals surface area contributed by atoms with Crippen LogP contribution in [0.1, 0.15) is 12.5 Å². The number of nitro benzene ring substituents is 1. The number of nitro groups is 1. The number of carbonyl (C=O) groups is 1. The highest BCUT2D eigenvalue weighted by molar-refractivity contribution is 5.75. The highest BCUT2D eigenvalue weighted by Crippen LogP contribution is 2.27. The molecule has 0 aliphatic carbocycles. The van der Waals surface area contributed by atoms with E-state index in [4.69, 9.17) is 4.74 Å². The van der Waals surface area contributed by atoms with Gasteiger partial charge in [0.25, 0.3) is 0 Å². The number of benzene rings is 1. The molecule has 0 saturated heterocycles. The third-order valence-electron chi connectivity index (χ3n) is 2.61. The number of hydrogen-bond donors (Lipinski definition) is 1. The normalized spacial score (nSPS) is 11.7. The van der Waals surface area contributed by atoms with Gasteiger partial charge in [-0.2, -0.15) is 0 Å². The number of nitrogens with one attached hydrogen (secondary N) is 1. The maximum Gasteiger partial charge on any atom is 0.322 e. The molecule has 0 amide bonds. The van der Waals surface area contributed by atoms with Crippen molar-refractivity contribution in [1.82, 2.24) is 5.32 Å². The molecule has 1 rings (SSSR count). The maximum atomic E-state index is 11.2. The molecular weight excluding hydrogens is 252 g/mol. The van der Waals surface area contributed by atoms with Crippen molar-refractivity contribution in [3.63, 3.8) is 0 Å². The van der Waals surface area contributed by atoms with Gasteiger partial charge in [-0.05, 0) is 18.6 Å². The van der Waals surface area contributed by atoms with Crippen molar-refractivity contribution in [2.75, 3.05) is 14.2 Å². The van der Waals surface area contributed by atoms with Crippen LogP contribution in [0.25, 0.3) is 0 Å². The largest absolute Gasteiger partial charge is 0.490 e. The summed E-state index contributed by atoms with van der Waals surface area (Å²) in [5.74, 6) is -0.183. The van der Waals surface area contributed by atoms with Crippen LogP contribution in [0.15, 0.2) is 18.2 Å². The standard InChI is InChI=1S/C12H16N2O5/c1-8(12(15)19-3)13-7-9-4-5-11(18-2)10(6-9)14(16)17/h4-6,8,13H,7H2,1-3H3. The topological polar surface area (TPSA) is 90.7 Å². The molecule has 0 fully saturated rings. The van der Waals surface area contributed by atoms with Crippen LogP contribution in [0.4, 0.5) is 5.69 Å². The van der Waals surface area contributed by atoms with E-state index in [2.05, 4.69) is 10.1 Å². The molecule has 0 radical (unpaired) electrons. The fraction of sp³-hybridized carbons (Fsp3) is 0.417. The van der Waals surface area contributed by atoms with E-state index in [0.717, 1.165) is 0 Å². The Morgan fingerprint density at radius 1 is 1.47 bits per heavy atom. The van der Waals surface area contributed by atoms with Crippen molar-refractivity contribution in [3.8, 4) is 5.75 Å². The van der Waals surface area contributed by atoms with Crippen LogP contribution in [-0.4, -0.2) is 31.2 Å². The third-order valence-corrected chi connectivity index (χ3v) is 2.61. The molecule has 1 N–H and O–H groups in total. The molecule has 0 saturated carbocycles. The molecule has 0 aliphatic rings. The minimum atomic E-state index is -0.508. The van der Waals surface area contributed by atoms with E-state index in [1.165, 1.54) is 26.4 Å². The van der Waals surface area contributed by atoms with Crippen LogP contribution in [-0.2, 0) is 16.1 Å². The van der Waals surface area contributed by atoms with Crippen molar-refractivity contribution in [2.45, 2.75) is 19.5 Å². The van der Waals surface area contributed by atoms with Crippen LogP contribution in [0.5, 0.6) is 5.75 Å². The van der Waals surface area contributed by atoms with E-state index in [-0.39, 0.29) is 17.4 Å². The second-order valence-corrected chi connectivity index (χ2v) is 3.89. The Balaban J connectivity index is 2.77. The van der Waals surface area contributed by atoms with Gasteiger partial charge < -0.3 is 14.8 Å². The minimum Gasteiger partial charge on any atom is -0.490 e. The average Bonchev–Trinajstić information content (AvgIpc) is 2.43. The van der Waals surface area contributed by atoms with Crippen LogP contribution < -0.4 is 10.1 Å². The Morgan fingerprint density at radius 3 is 2.68 bits per heavy atom. The summed E-state index contributed by atoms with van der Waals surface area (Å²) in [6, 6.07) is 4.16. The molecule has 1 unspecified atom stereocenters. The number of methoxy groups -OCH3 is 2. The Bertz CT molecular complexity index is 475. The second kappa shape index (κ2) is 6.69. The van der Waals surface area contributed by atoms with Crippen LogP contribution in [0.2, 0.25) is 0 Å². The molecule has 19 heavy (non-hydrogen) atoms. The number of hydrogen-bond acceptors (Lipinski definition) is 6. The molecule has 0 aromatic heterocycles. The van der Waals surface area contributed by atoms with Crippen molar-refractivity contribution in [3.05, 3.63) is 33.9 Å². The van der Waals surface area contributed by atoms with Gasteiger partial charge in [0, 0.05) is 12.6 Å². The first kappa shape index (κ1) is 14.9. The summed E-state index contributed by atoms with van der Waals surface area (Å²) in [7, 11) is 2.68. The highest BCUT2D eigenvalue weighted by atomic mass is 16.6. The van der Waals surface area contributed by atoms with Crippen LogP contribution in [0.3, 0.4) is 0 Å². The zero-order valence-corrected chi connectivity index (χ0v) is 11.0. The summed E-state index contributed by atoms with van der Waals surface area (Å²) in [4.78, 5) is 21.5. The average molecular weight is 268 g/mol. The van der Waals surface area contributed by atoms with Gasteiger partial charge in [0.1, 0.15) is 6.04 Å². The number of esters is 1. The highest BCUT2D eigenvalue weighted by Gasteiger charge is 2.16. The Kier molecular flexibility index (Phi) is 5.25. The van der Waals surface area contributed by atoms with Gasteiger partial charge >= 0.3 is 11.7 Å². The number of nitrogens with zero attached hydrogens (tertiary/aromatic N) is 1. The van der Waals surface area contributed by atoms with Crippen molar-refractivity contribution >= 4 is 11.7 Å². The summed E-state index contributed by atoms with van der Waals surface area (Å²) >= 11 is 0. The van der Waals surface area contributed by atoms with Gasteiger partial charge in [-0.1, -0.05) is 6.07 Å². The summed E-state index contributed by atoms with van der Waals surface area (Å²) in [5, 5.41) is 13.8. The molecule has 0 bridgehead atoms. The third kappa shape index (κ3) is 3.92. The number of carbonyl (C=O) groups excluding carboxylic acids is 1. The quantitative estimate of drug-likeness (QED) is 0.474. The van der Waals surface area contributed by atoms with Crippen LogP contribution >= 0.6 is 0 Å². The first-order valence-corrected chi connectivity index (χ1v) is 5.62. The maximum absolute atomic E-state index is 11.2. The fourth-order valence-corrected chi connectivity index (χ4v) is 1.52. The molecule has 1 aromatic carbocycles. The van der Waals surface area contributed by atoms with Crippen molar-refractivity contribution in [2.24, 2.45) is 0 Å². The van der Waals surface area contributed by atoms with E-state index in [1.807, 2.05) is 0 Å². The molecule has 0 aliphatic heterocycles. The SMILES string of the molecule is COC(=O)C(C)NCc1ccc(OC)c([N+](=O)[O-])c1. The number of ether oxygens (including phenoxy) is 2. The van der Waals surface area contributed by atoms with Crippen LogP contribution in [0, 0.1) is 10.1 Å². The van der Waals surface area contributed by atoms with Gasteiger partial charge in [0.15, 0.2) is 5.75 Å². The van der Waals surface area contributed by atoms with Gasteiger partial charge in [-0.25, -0.2) is 0 Å². The second-order valence-electron chi connectivity index (χ2n) is 3.89. The summed E-state index contributed by atoms with van der Waals surface area (Å²) in [6.07, 6.45) is 0. The Morgan fingerprint density at radius 2 is 2.16 bits per heavy atom. The lowest BCUT2D eigenvalue weighted by Crippen LogP contribution is -2.34. The summed E-state index contributed by atoms with van der Waals surface area (Å²) in [6.45, 7) is 1.98. The lowest BCUT2D eigenvalue weighted by Gasteiger charge is -2.11. The van der Waals surface area contributed by atoms with E-state index in [1.54, 1.807) is 13.0 Å². The predicted octanol–water partition coefficient (Wildman–Crippen LogP) is 1.25. The van der Waals surface area contributed by atoms with E-state index < -0.39 is 11.0 Å². The first-order chi connectivity index (χ1) is 8.99. The van der Waals surface area contributed by atoms with Gasteiger partial charge in [0.2, 0.25) is 0 Å². The molecule has 7 heteroatoms. The lowest BCUT2D eigenvalue weighted by molar-refractivity contribution is -0.385. The Labute approximate surface area is 110 Å². The van der Waals surface area contributed by atoms with E-state index in [0.29, 0.717) is 12.1 Å². The first-order valence-electron chi connectivity index (χ1n) is 5.62. The molecule has 0 spiro atoms. The molecule has 1 atom stereocenters. The predicted molar refractivity (Wildman–Crippen MR) is 68.0 cm³/mol. The lowest BCUT2D eigenvalue weighted by atomic mass is 10.1. The molecule has 0 heterocycles.